The van der Waals surface area contributed by atoms with Gasteiger partial charge in [0.15, 0.2) is 6.17 Å². The van der Waals surface area contributed by atoms with Crippen molar-refractivity contribution in [3.8, 4) is 5.75 Å². The van der Waals surface area contributed by atoms with E-state index < -0.39 is 0 Å². The molecule has 1 aromatic rings. The van der Waals surface area contributed by atoms with Crippen LogP contribution in [-0.4, -0.2) is 37.3 Å². The molecule has 0 saturated heterocycles. The van der Waals surface area contributed by atoms with Crippen LogP contribution in [0.1, 0.15) is 5.56 Å². The molecule has 0 aliphatic carbocycles. The first-order chi connectivity index (χ1) is 10.3. The summed E-state index contributed by atoms with van der Waals surface area (Å²) in [6, 6.07) is 6.25. The highest BCUT2D eigenvalue weighted by Gasteiger charge is 2.30. The molecule has 3 rings (SSSR count). The minimum atomic E-state index is 0.0138. The van der Waals surface area contributed by atoms with Crippen molar-refractivity contribution in [3.63, 3.8) is 0 Å². The average Bonchev–Trinajstić information content (AvgIpc) is 2.97. The van der Waals surface area contributed by atoms with E-state index in [4.69, 9.17) is 4.74 Å². The van der Waals surface area contributed by atoms with Gasteiger partial charge in [0.2, 0.25) is 0 Å². The van der Waals surface area contributed by atoms with Crippen LogP contribution in [0.25, 0.3) is 5.70 Å². The van der Waals surface area contributed by atoms with Crippen LogP contribution in [-0.2, 0) is 0 Å². The van der Waals surface area contributed by atoms with Crippen molar-refractivity contribution in [1.29, 1.82) is 0 Å². The van der Waals surface area contributed by atoms with E-state index in [0.717, 1.165) is 22.8 Å². The lowest BCUT2D eigenvalue weighted by molar-refractivity contribution is 0.411. The van der Waals surface area contributed by atoms with Crippen molar-refractivity contribution in [3.05, 3.63) is 42.4 Å². The van der Waals surface area contributed by atoms with Crippen molar-refractivity contribution in [1.82, 2.24) is 15.5 Å². The number of amidine groups is 1. The van der Waals surface area contributed by atoms with Gasteiger partial charge in [-0.25, -0.2) is 0 Å². The highest BCUT2D eigenvalue weighted by Crippen LogP contribution is 2.32. The molecule has 0 amide bonds. The molecule has 2 N–H and O–H groups in total. The highest BCUT2D eigenvalue weighted by molar-refractivity contribution is 7.98. The molecule has 0 spiro atoms. The second kappa shape index (κ2) is 5.73. The maximum atomic E-state index is 5.53. The Bertz CT molecular complexity index is 639. The smallest absolute Gasteiger partial charge is 0.162 e. The molecule has 0 saturated carbocycles. The molecule has 0 bridgehead atoms. The summed E-state index contributed by atoms with van der Waals surface area (Å²) < 4.78 is 5.53. The minimum absolute atomic E-state index is 0.0138. The summed E-state index contributed by atoms with van der Waals surface area (Å²) in [4.78, 5) is 7.55. The first-order valence-electron chi connectivity index (χ1n) is 6.65. The van der Waals surface area contributed by atoms with Gasteiger partial charge >= 0.3 is 0 Å². The Hall–Kier alpha value is -2.08. The summed E-state index contributed by atoms with van der Waals surface area (Å²) in [6.45, 7) is 0. The number of rotatable bonds is 3. The van der Waals surface area contributed by atoms with Crippen molar-refractivity contribution in [2.45, 2.75) is 11.1 Å². The SMILES string of the molecule is CN=C1NC=CN2C=C(c3ccc(SC)cc3OC)NC12. The zero-order valence-corrected chi connectivity index (χ0v) is 13.1. The molecule has 6 heteroatoms. The molecular weight excluding hydrogens is 284 g/mol. The van der Waals surface area contributed by atoms with Crippen LogP contribution < -0.4 is 15.4 Å². The van der Waals surface area contributed by atoms with Crippen LogP contribution in [0, 0.1) is 0 Å². The Morgan fingerprint density at radius 1 is 1.38 bits per heavy atom. The zero-order valence-electron chi connectivity index (χ0n) is 12.3. The van der Waals surface area contributed by atoms with Gasteiger partial charge in [0.25, 0.3) is 0 Å². The summed E-state index contributed by atoms with van der Waals surface area (Å²) >= 11 is 1.70. The lowest BCUT2D eigenvalue weighted by atomic mass is 10.1. The molecule has 5 nitrogen and oxygen atoms in total. The van der Waals surface area contributed by atoms with Crippen molar-refractivity contribution in [2.24, 2.45) is 4.99 Å². The van der Waals surface area contributed by atoms with Crippen LogP contribution in [0.2, 0.25) is 0 Å². The van der Waals surface area contributed by atoms with Crippen molar-refractivity contribution < 1.29 is 4.74 Å². The number of hydrogen-bond donors (Lipinski definition) is 2. The van der Waals surface area contributed by atoms with E-state index in [1.54, 1.807) is 25.9 Å². The van der Waals surface area contributed by atoms with Crippen molar-refractivity contribution >= 4 is 23.3 Å². The van der Waals surface area contributed by atoms with Crippen LogP contribution in [0.4, 0.5) is 0 Å². The average molecular weight is 302 g/mol. The lowest BCUT2D eigenvalue weighted by Crippen LogP contribution is -2.48. The molecular formula is C15H18N4OS. The number of fused-ring (bicyclic) bond motifs is 1. The number of aliphatic imine (C=N–C) groups is 1. The molecule has 0 radical (unpaired) electrons. The van der Waals surface area contributed by atoms with Gasteiger partial charge in [0.05, 0.1) is 12.8 Å². The molecule has 1 atom stereocenters. The van der Waals surface area contributed by atoms with Crippen molar-refractivity contribution in [2.75, 3.05) is 20.4 Å². The monoisotopic (exact) mass is 302 g/mol. The maximum absolute atomic E-state index is 5.53. The Morgan fingerprint density at radius 2 is 2.24 bits per heavy atom. The quantitative estimate of drug-likeness (QED) is 0.837. The van der Waals surface area contributed by atoms with Gasteiger partial charge in [-0.1, -0.05) is 0 Å². The number of nitrogens with one attached hydrogen (secondary N) is 2. The van der Waals surface area contributed by atoms with E-state index in [1.807, 2.05) is 12.4 Å². The molecule has 0 fully saturated rings. The van der Waals surface area contributed by atoms with Gasteiger partial charge in [0.1, 0.15) is 11.6 Å². The Balaban J connectivity index is 1.94. The van der Waals surface area contributed by atoms with Gasteiger partial charge < -0.3 is 20.3 Å². The Labute approximate surface area is 128 Å². The Kier molecular flexibility index (Phi) is 3.79. The van der Waals surface area contributed by atoms with Gasteiger partial charge in [-0.05, 0) is 24.5 Å². The van der Waals surface area contributed by atoms with Gasteiger partial charge in [0, 0.05) is 36.1 Å². The van der Waals surface area contributed by atoms with E-state index in [9.17, 15) is 0 Å². The third-order valence-electron chi connectivity index (χ3n) is 3.55. The fraction of sp³-hybridized carbons (Fsp3) is 0.267. The molecule has 1 unspecified atom stereocenters. The second-order valence-corrected chi connectivity index (χ2v) is 5.55. The fourth-order valence-electron chi connectivity index (χ4n) is 2.46. The lowest BCUT2D eigenvalue weighted by Gasteiger charge is -2.27. The van der Waals surface area contributed by atoms with Gasteiger partial charge in [-0.2, -0.15) is 0 Å². The number of ether oxygens (including phenoxy) is 1. The summed E-state index contributed by atoms with van der Waals surface area (Å²) in [5.74, 6) is 1.76. The second-order valence-electron chi connectivity index (χ2n) is 4.67. The molecule has 2 aliphatic rings. The van der Waals surface area contributed by atoms with Crippen LogP contribution in [0.15, 0.2) is 46.7 Å². The van der Waals surface area contributed by atoms with Gasteiger partial charge in [-0.3, -0.25) is 4.99 Å². The number of nitrogens with zero attached hydrogens (tertiary/aromatic N) is 2. The van der Waals surface area contributed by atoms with E-state index in [0.29, 0.717) is 0 Å². The first-order valence-corrected chi connectivity index (χ1v) is 7.87. The standard InChI is InChI=1S/C15H18N4OS/c1-16-14-15-18-12(9-19(15)7-6-17-14)11-5-4-10(21-3)8-13(11)20-2/h4-9,15,18H,1-3H3,(H,16,17). The molecule has 2 heterocycles. The number of benzene rings is 1. The van der Waals surface area contributed by atoms with E-state index >= 15 is 0 Å². The molecule has 0 aromatic heterocycles. The summed E-state index contributed by atoms with van der Waals surface area (Å²) in [7, 11) is 3.49. The fourth-order valence-corrected chi connectivity index (χ4v) is 2.89. The van der Waals surface area contributed by atoms with E-state index in [1.165, 1.54) is 4.90 Å². The third kappa shape index (κ3) is 2.47. The number of hydrogen-bond acceptors (Lipinski definition) is 5. The molecule has 1 aromatic carbocycles. The topological polar surface area (TPSA) is 48.9 Å². The largest absolute Gasteiger partial charge is 0.496 e. The van der Waals surface area contributed by atoms with Crippen LogP contribution in [0.5, 0.6) is 5.75 Å². The summed E-state index contributed by atoms with van der Waals surface area (Å²) in [5.41, 5.74) is 2.08. The number of methoxy groups -OCH3 is 1. The predicted molar refractivity (Wildman–Crippen MR) is 87.1 cm³/mol. The molecule has 2 aliphatic heterocycles. The third-order valence-corrected chi connectivity index (χ3v) is 4.27. The number of thioether (sulfide) groups is 1. The van der Waals surface area contributed by atoms with Gasteiger partial charge in [-0.15, -0.1) is 11.8 Å². The minimum Gasteiger partial charge on any atom is -0.496 e. The summed E-state index contributed by atoms with van der Waals surface area (Å²) in [5, 5.41) is 6.63. The van der Waals surface area contributed by atoms with Crippen LogP contribution >= 0.6 is 11.8 Å². The van der Waals surface area contributed by atoms with E-state index in [-0.39, 0.29) is 6.17 Å². The molecule has 21 heavy (non-hydrogen) atoms. The summed E-state index contributed by atoms with van der Waals surface area (Å²) in [6.07, 6.45) is 8.02. The normalized spacial score (nSPS) is 21.7. The first kappa shape index (κ1) is 13.9. The zero-order chi connectivity index (χ0) is 14.8. The molecule has 110 valence electrons. The maximum Gasteiger partial charge on any atom is 0.162 e. The predicted octanol–water partition coefficient (Wildman–Crippen LogP) is 2.05. The van der Waals surface area contributed by atoms with Crippen LogP contribution in [0.3, 0.4) is 0 Å². The highest BCUT2D eigenvalue weighted by atomic mass is 32.2. The van der Waals surface area contributed by atoms with E-state index in [2.05, 4.69) is 51.2 Å². The Morgan fingerprint density at radius 3 is 2.95 bits per heavy atom.